The summed E-state index contributed by atoms with van der Waals surface area (Å²) in [6.45, 7) is 0.592. The molecule has 2 N–H and O–H groups in total. The largest absolute Gasteiger partial charge is 0.497 e. The molecular formula is C18H18N2O. The van der Waals surface area contributed by atoms with Crippen LogP contribution in [-0.4, -0.2) is 18.6 Å². The van der Waals surface area contributed by atoms with E-state index in [2.05, 4.69) is 24.3 Å². The summed E-state index contributed by atoms with van der Waals surface area (Å²) in [6, 6.07) is 18.4. The highest BCUT2D eigenvalue weighted by atomic mass is 16.5. The standard InChI is InChI=1S/C18H18N2O/c1-21-15-8-6-13(7-9-15)16-12-14-4-2-3-5-17(14)20-18(16)10-11-19/h2-9,12H,10-11,19H2,1H3. The van der Waals surface area contributed by atoms with Crippen molar-refractivity contribution in [3.05, 3.63) is 60.3 Å². The van der Waals surface area contributed by atoms with E-state index in [4.69, 9.17) is 15.5 Å². The quantitative estimate of drug-likeness (QED) is 0.795. The lowest BCUT2D eigenvalue weighted by Crippen LogP contribution is -2.06. The van der Waals surface area contributed by atoms with Crippen molar-refractivity contribution < 1.29 is 4.74 Å². The number of nitrogens with two attached hydrogens (primary N) is 1. The van der Waals surface area contributed by atoms with Gasteiger partial charge in [0.15, 0.2) is 0 Å². The molecule has 0 aliphatic heterocycles. The number of hydrogen-bond acceptors (Lipinski definition) is 3. The molecule has 0 saturated carbocycles. The summed E-state index contributed by atoms with van der Waals surface area (Å²) in [7, 11) is 1.67. The highest BCUT2D eigenvalue weighted by molar-refractivity contribution is 5.85. The number of para-hydroxylation sites is 1. The Bertz CT molecular complexity index is 751. The van der Waals surface area contributed by atoms with E-state index in [9.17, 15) is 0 Å². The van der Waals surface area contributed by atoms with Gasteiger partial charge in [-0.2, -0.15) is 0 Å². The number of nitrogens with zero attached hydrogens (tertiary/aromatic N) is 1. The summed E-state index contributed by atoms with van der Waals surface area (Å²) in [5, 5.41) is 1.14. The third kappa shape index (κ3) is 2.73. The van der Waals surface area contributed by atoms with Gasteiger partial charge in [-0.1, -0.05) is 30.3 Å². The molecule has 0 spiro atoms. The normalized spacial score (nSPS) is 10.8. The molecule has 0 fully saturated rings. The minimum atomic E-state index is 0.592. The molecule has 3 aromatic rings. The van der Waals surface area contributed by atoms with Gasteiger partial charge in [-0.15, -0.1) is 0 Å². The Labute approximate surface area is 124 Å². The molecule has 0 radical (unpaired) electrons. The molecule has 106 valence electrons. The SMILES string of the molecule is COc1ccc(-c2cc3ccccc3nc2CCN)cc1. The molecule has 0 aliphatic rings. The maximum Gasteiger partial charge on any atom is 0.118 e. The molecule has 0 unspecified atom stereocenters. The minimum absolute atomic E-state index is 0.592. The van der Waals surface area contributed by atoms with Gasteiger partial charge in [-0.05, 0) is 36.4 Å². The van der Waals surface area contributed by atoms with Crippen molar-refractivity contribution in [2.75, 3.05) is 13.7 Å². The lowest BCUT2D eigenvalue weighted by atomic mass is 10.00. The lowest BCUT2D eigenvalue weighted by Gasteiger charge is -2.11. The summed E-state index contributed by atoms with van der Waals surface area (Å²) < 4.78 is 5.22. The highest BCUT2D eigenvalue weighted by Crippen LogP contribution is 2.28. The van der Waals surface area contributed by atoms with Crippen molar-refractivity contribution in [1.29, 1.82) is 0 Å². The van der Waals surface area contributed by atoms with Crippen LogP contribution in [-0.2, 0) is 6.42 Å². The zero-order chi connectivity index (χ0) is 14.7. The summed E-state index contributed by atoms with van der Waals surface area (Å²) >= 11 is 0. The van der Waals surface area contributed by atoms with Gasteiger partial charge in [0, 0.05) is 17.4 Å². The fourth-order valence-electron chi connectivity index (χ4n) is 2.50. The molecule has 2 aromatic carbocycles. The first-order valence-corrected chi connectivity index (χ1v) is 7.05. The number of ether oxygens (including phenoxy) is 1. The van der Waals surface area contributed by atoms with E-state index in [0.717, 1.165) is 39.9 Å². The smallest absolute Gasteiger partial charge is 0.118 e. The van der Waals surface area contributed by atoms with Crippen LogP contribution in [0.4, 0.5) is 0 Å². The van der Waals surface area contributed by atoms with Gasteiger partial charge >= 0.3 is 0 Å². The predicted molar refractivity (Wildman–Crippen MR) is 86.5 cm³/mol. The monoisotopic (exact) mass is 278 g/mol. The van der Waals surface area contributed by atoms with E-state index in [0.29, 0.717) is 6.54 Å². The van der Waals surface area contributed by atoms with Gasteiger partial charge < -0.3 is 10.5 Å². The average molecular weight is 278 g/mol. The molecule has 0 atom stereocenters. The summed E-state index contributed by atoms with van der Waals surface area (Å²) in [6.07, 6.45) is 0.770. The first-order chi connectivity index (χ1) is 10.3. The van der Waals surface area contributed by atoms with Crippen LogP contribution in [0.1, 0.15) is 5.69 Å². The second-order valence-corrected chi connectivity index (χ2v) is 4.94. The van der Waals surface area contributed by atoms with E-state index in [-0.39, 0.29) is 0 Å². The minimum Gasteiger partial charge on any atom is -0.497 e. The maximum atomic E-state index is 5.74. The van der Waals surface area contributed by atoms with Crippen molar-refractivity contribution in [3.63, 3.8) is 0 Å². The molecule has 21 heavy (non-hydrogen) atoms. The number of rotatable bonds is 4. The molecule has 0 saturated heterocycles. The van der Waals surface area contributed by atoms with Crippen LogP contribution >= 0.6 is 0 Å². The molecule has 0 bridgehead atoms. The van der Waals surface area contributed by atoms with Crippen molar-refractivity contribution >= 4 is 10.9 Å². The van der Waals surface area contributed by atoms with E-state index < -0.39 is 0 Å². The number of pyridine rings is 1. The molecule has 0 aliphatic carbocycles. The second kappa shape index (κ2) is 5.94. The lowest BCUT2D eigenvalue weighted by molar-refractivity contribution is 0.415. The molecule has 3 heteroatoms. The van der Waals surface area contributed by atoms with Gasteiger partial charge in [-0.25, -0.2) is 0 Å². The zero-order valence-electron chi connectivity index (χ0n) is 12.0. The van der Waals surface area contributed by atoms with Crippen LogP contribution in [0.2, 0.25) is 0 Å². The number of methoxy groups -OCH3 is 1. The molecule has 1 aromatic heterocycles. The Balaban J connectivity index is 2.15. The first-order valence-electron chi connectivity index (χ1n) is 7.05. The molecule has 3 nitrogen and oxygen atoms in total. The van der Waals surface area contributed by atoms with Crippen LogP contribution in [0, 0.1) is 0 Å². The summed E-state index contributed by atoms with van der Waals surface area (Å²) in [4.78, 5) is 4.77. The second-order valence-electron chi connectivity index (χ2n) is 4.94. The van der Waals surface area contributed by atoms with Gasteiger partial charge in [0.05, 0.1) is 18.3 Å². The van der Waals surface area contributed by atoms with Crippen molar-refractivity contribution in [2.24, 2.45) is 5.73 Å². The van der Waals surface area contributed by atoms with Gasteiger partial charge in [-0.3, -0.25) is 4.98 Å². The van der Waals surface area contributed by atoms with Crippen LogP contribution in [0.3, 0.4) is 0 Å². The fourth-order valence-corrected chi connectivity index (χ4v) is 2.50. The van der Waals surface area contributed by atoms with E-state index in [1.807, 2.05) is 30.3 Å². The van der Waals surface area contributed by atoms with Crippen LogP contribution in [0.5, 0.6) is 5.75 Å². The Kier molecular flexibility index (Phi) is 3.84. The van der Waals surface area contributed by atoms with Crippen LogP contribution in [0.15, 0.2) is 54.6 Å². The summed E-state index contributed by atoms with van der Waals surface area (Å²) in [5.74, 6) is 0.855. The number of aromatic nitrogens is 1. The number of fused-ring (bicyclic) bond motifs is 1. The summed E-state index contributed by atoms with van der Waals surface area (Å²) in [5.41, 5.74) is 10.1. The first kappa shape index (κ1) is 13.6. The van der Waals surface area contributed by atoms with E-state index in [1.165, 1.54) is 0 Å². The molecule has 0 amide bonds. The van der Waals surface area contributed by atoms with Crippen molar-refractivity contribution in [1.82, 2.24) is 4.98 Å². The Morgan fingerprint density at radius 3 is 2.52 bits per heavy atom. The average Bonchev–Trinajstić information content (AvgIpc) is 2.55. The van der Waals surface area contributed by atoms with E-state index >= 15 is 0 Å². The Morgan fingerprint density at radius 2 is 1.81 bits per heavy atom. The van der Waals surface area contributed by atoms with Gasteiger partial charge in [0.2, 0.25) is 0 Å². The van der Waals surface area contributed by atoms with E-state index in [1.54, 1.807) is 7.11 Å². The molecule has 3 rings (SSSR count). The van der Waals surface area contributed by atoms with Crippen LogP contribution < -0.4 is 10.5 Å². The topological polar surface area (TPSA) is 48.1 Å². The van der Waals surface area contributed by atoms with Crippen molar-refractivity contribution in [2.45, 2.75) is 6.42 Å². The number of hydrogen-bond donors (Lipinski definition) is 1. The third-order valence-electron chi connectivity index (χ3n) is 3.59. The Morgan fingerprint density at radius 1 is 1.05 bits per heavy atom. The molecule has 1 heterocycles. The molecular weight excluding hydrogens is 260 g/mol. The van der Waals surface area contributed by atoms with Crippen molar-refractivity contribution in [3.8, 4) is 16.9 Å². The predicted octanol–water partition coefficient (Wildman–Crippen LogP) is 3.41. The zero-order valence-corrected chi connectivity index (χ0v) is 12.0. The fraction of sp³-hybridized carbons (Fsp3) is 0.167. The maximum absolute atomic E-state index is 5.74. The third-order valence-corrected chi connectivity index (χ3v) is 3.59. The Hall–Kier alpha value is -2.39. The highest BCUT2D eigenvalue weighted by Gasteiger charge is 2.08. The van der Waals surface area contributed by atoms with Gasteiger partial charge in [0.1, 0.15) is 5.75 Å². The van der Waals surface area contributed by atoms with Gasteiger partial charge in [0.25, 0.3) is 0 Å². The van der Waals surface area contributed by atoms with Crippen LogP contribution in [0.25, 0.3) is 22.0 Å². The number of benzene rings is 2.